The van der Waals surface area contributed by atoms with E-state index in [-0.39, 0.29) is 10.8 Å². The van der Waals surface area contributed by atoms with Crippen molar-refractivity contribution in [1.29, 1.82) is 0 Å². The highest BCUT2D eigenvalue weighted by molar-refractivity contribution is 6.32. The molecule has 0 aliphatic carbocycles. The second-order valence-corrected chi connectivity index (χ2v) is 8.21. The maximum Gasteiger partial charge on any atom is 0.412 e. The summed E-state index contributed by atoms with van der Waals surface area (Å²) in [7, 11) is 1.03. The van der Waals surface area contributed by atoms with Gasteiger partial charge in [0.15, 0.2) is 23.9 Å². The lowest BCUT2D eigenvalue weighted by Crippen LogP contribution is -2.44. The zero-order chi connectivity index (χ0) is 28.5. The second kappa shape index (κ2) is 13.6. The van der Waals surface area contributed by atoms with E-state index in [2.05, 4.69) is 0 Å². The van der Waals surface area contributed by atoms with Crippen molar-refractivity contribution in [3.63, 3.8) is 0 Å². The van der Waals surface area contributed by atoms with Gasteiger partial charge in [0.25, 0.3) is 0 Å². The summed E-state index contributed by atoms with van der Waals surface area (Å²) in [5, 5.41) is 8.85. The van der Waals surface area contributed by atoms with Crippen LogP contribution in [0.5, 0.6) is 17.2 Å². The Kier molecular flexibility index (Phi) is 11.6. The minimum atomic E-state index is -4.58. The number of nitrogens with zero attached hydrogens (tertiary/aromatic N) is 1. The zero-order valence-electron chi connectivity index (χ0n) is 20.7. The zero-order valence-corrected chi connectivity index (χ0v) is 21.4. The van der Waals surface area contributed by atoms with Crippen molar-refractivity contribution in [2.75, 3.05) is 13.7 Å². The number of benzene rings is 2. The van der Waals surface area contributed by atoms with Gasteiger partial charge in [-0.25, -0.2) is 9.18 Å². The standard InChI is InChI=1S/C16H14ClFO4.C9H12F3NO2/c1-9-4-3-5-13(16(9)21-8-15(19)20)22-14-6-10(2)12(18)7-11(14)17;1-6(14)4-5-8(9(10,11)12)13(3)7(2)15/h3-7H,8H2,1-2H3,(H,19,20);4-5,8H,1-3H3. The molecule has 1 atom stereocenters. The van der Waals surface area contributed by atoms with Gasteiger partial charge in [-0.1, -0.05) is 23.7 Å². The number of carboxylic acids is 1. The molecule has 1 amide bonds. The van der Waals surface area contributed by atoms with Gasteiger partial charge in [-0.3, -0.25) is 9.59 Å². The van der Waals surface area contributed by atoms with Crippen LogP contribution in [0, 0.1) is 19.7 Å². The first-order chi connectivity index (χ1) is 17.0. The molecule has 1 unspecified atom stereocenters. The Bertz CT molecular complexity index is 1170. The van der Waals surface area contributed by atoms with Crippen LogP contribution in [0.3, 0.4) is 0 Å². The number of rotatable bonds is 8. The van der Waals surface area contributed by atoms with Gasteiger partial charge in [-0.15, -0.1) is 0 Å². The number of carbonyl (C=O) groups excluding carboxylic acids is 2. The molecule has 12 heteroatoms. The Morgan fingerprint density at radius 3 is 2.24 bits per heavy atom. The van der Waals surface area contributed by atoms with Crippen LogP contribution >= 0.6 is 11.6 Å². The molecule has 0 spiro atoms. The van der Waals surface area contributed by atoms with E-state index in [4.69, 9.17) is 26.2 Å². The van der Waals surface area contributed by atoms with Gasteiger partial charge >= 0.3 is 12.1 Å². The van der Waals surface area contributed by atoms with Crippen molar-refractivity contribution in [1.82, 2.24) is 4.90 Å². The molecule has 2 rings (SSSR count). The third kappa shape index (κ3) is 10.1. The molecule has 0 radical (unpaired) electrons. The molecule has 0 saturated carbocycles. The number of ketones is 1. The Balaban J connectivity index is 0.000000401. The van der Waals surface area contributed by atoms with E-state index in [1.807, 2.05) is 0 Å². The summed E-state index contributed by atoms with van der Waals surface area (Å²) in [4.78, 5) is 32.5. The molecule has 2 aromatic rings. The summed E-state index contributed by atoms with van der Waals surface area (Å²) < 4.78 is 61.6. The van der Waals surface area contributed by atoms with Gasteiger partial charge in [-0.05, 0) is 62.2 Å². The first-order valence-electron chi connectivity index (χ1n) is 10.6. The fourth-order valence-corrected chi connectivity index (χ4v) is 2.92. The van der Waals surface area contributed by atoms with Crippen molar-refractivity contribution in [3.05, 3.63) is 64.5 Å². The molecule has 0 aliphatic rings. The molecule has 0 aromatic heterocycles. The average molecular weight is 548 g/mol. The van der Waals surface area contributed by atoms with E-state index in [1.54, 1.807) is 32.0 Å². The van der Waals surface area contributed by atoms with Gasteiger partial charge in [0.2, 0.25) is 5.91 Å². The monoisotopic (exact) mass is 547 g/mol. The lowest BCUT2D eigenvalue weighted by atomic mass is 10.2. The summed E-state index contributed by atoms with van der Waals surface area (Å²) in [6.07, 6.45) is -3.10. The summed E-state index contributed by atoms with van der Waals surface area (Å²) in [5.74, 6) is -1.84. The molecule has 0 fully saturated rings. The van der Waals surface area contributed by atoms with Crippen molar-refractivity contribution in [2.45, 2.75) is 39.9 Å². The van der Waals surface area contributed by atoms with Crippen LogP contribution in [0.15, 0.2) is 42.5 Å². The first kappa shape index (κ1) is 31.4. The molecule has 1 N–H and O–H groups in total. The van der Waals surface area contributed by atoms with E-state index >= 15 is 0 Å². The van der Waals surface area contributed by atoms with E-state index in [1.165, 1.54) is 12.1 Å². The van der Waals surface area contributed by atoms with Crippen molar-refractivity contribution < 1.29 is 46.5 Å². The minimum absolute atomic E-state index is 0.119. The summed E-state index contributed by atoms with van der Waals surface area (Å²) in [5.41, 5.74) is 1.11. The van der Waals surface area contributed by atoms with Crippen LogP contribution in [0.2, 0.25) is 5.02 Å². The number of hydrogen-bond donors (Lipinski definition) is 1. The third-order valence-electron chi connectivity index (χ3n) is 4.71. The topological polar surface area (TPSA) is 93.1 Å². The minimum Gasteiger partial charge on any atom is -0.479 e. The molecule has 202 valence electrons. The molecule has 0 heterocycles. The van der Waals surface area contributed by atoms with Gasteiger partial charge < -0.3 is 19.5 Å². The molecule has 7 nitrogen and oxygen atoms in total. The van der Waals surface area contributed by atoms with Crippen molar-refractivity contribution in [3.8, 4) is 17.2 Å². The van der Waals surface area contributed by atoms with Crippen LogP contribution in [0.4, 0.5) is 17.6 Å². The highest BCUT2D eigenvalue weighted by Gasteiger charge is 2.41. The van der Waals surface area contributed by atoms with E-state index in [0.717, 1.165) is 27.0 Å². The van der Waals surface area contributed by atoms with E-state index < -0.39 is 42.3 Å². The Labute approximate surface area is 216 Å². The van der Waals surface area contributed by atoms with Gasteiger partial charge in [-0.2, -0.15) is 13.2 Å². The number of halogens is 5. The Morgan fingerprint density at radius 1 is 1.11 bits per heavy atom. The predicted octanol–water partition coefficient (Wildman–Crippen LogP) is 5.89. The Hall–Kier alpha value is -3.60. The molecule has 0 bridgehead atoms. The number of carbonyl (C=O) groups is 3. The SMILES string of the molecule is CC(=O)C=CC(N(C)C(C)=O)C(F)(F)F.Cc1cc(Oc2cccc(C)c2OCC(=O)O)c(Cl)cc1F. The van der Waals surface area contributed by atoms with Crippen molar-refractivity contribution >= 4 is 29.3 Å². The number of amides is 1. The highest BCUT2D eigenvalue weighted by atomic mass is 35.5. The number of hydrogen-bond acceptors (Lipinski definition) is 5. The molecule has 0 saturated heterocycles. The second-order valence-electron chi connectivity index (χ2n) is 7.80. The van der Waals surface area contributed by atoms with Gasteiger partial charge in [0, 0.05) is 14.0 Å². The van der Waals surface area contributed by atoms with Crippen LogP contribution in [0.25, 0.3) is 0 Å². The lowest BCUT2D eigenvalue weighted by molar-refractivity contribution is -0.174. The Morgan fingerprint density at radius 2 is 1.73 bits per heavy atom. The number of para-hydroxylation sites is 1. The lowest BCUT2D eigenvalue weighted by Gasteiger charge is -2.26. The molecular formula is C25H26ClF4NO6. The maximum atomic E-state index is 13.4. The first-order valence-corrected chi connectivity index (χ1v) is 11.0. The summed E-state index contributed by atoms with van der Waals surface area (Å²) >= 11 is 5.97. The number of likely N-dealkylation sites (N-methyl/N-ethyl adjacent to an activating group) is 1. The molecule has 0 aliphatic heterocycles. The number of aliphatic carboxylic acids is 1. The number of ether oxygens (including phenoxy) is 2. The fourth-order valence-electron chi connectivity index (χ4n) is 2.73. The normalized spacial score (nSPS) is 11.8. The van der Waals surface area contributed by atoms with Crippen molar-refractivity contribution in [2.24, 2.45) is 0 Å². The van der Waals surface area contributed by atoms with Gasteiger partial charge in [0.05, 0.1) is 5.02 Å². The van der Waals surface area contributed by atoms with Crippen LogP contribution in [-0.2, 0) is 14.4 Å². The van der Waals surface area contributed by atoms with Gasteiger partial charge in [0.1, 0.15) is 17.6 Å². The third-order valence-corrected chi connectivity index (χ3v) is 5.01. The maximum absolute atomic E-state index is 13.4. The summed E-state index contributed by atoms with van der Waals surface area (Å²) in [6, 6.07) is 5.71. The fraction of sp³-hybridized carbons (Fsp3) is 0.320. The highest BCUT2D eigenvalue weighted by Crippen LogP contribution is 2.38. The van der Waals surface area contributed by atoms with E-state index in [9.17, 15) is 31.9 Å². The quantitative estimate of drug-likeness (QED) is 0.327. The van der Waals surface area contributed by atoms with Crippen LogP contribution in [-0.4, -0.2) is 53.5 Å². The summed E-state index contributed by atoms with van der Waals surface area (Å²) in [6.45, 7) is 5.04. The number of carboxylic acid groups (broad SMARTS) is 1. The molecular weight excluding hydrogens is 522 g/mol. The number of allylic oxidation sites excluding steroid dienone is 1. The van der Waals surface area contributed by atoms with Crippen LogP contribution < -0.4 is 9.47 Å². The van der Waals surface area contributed by atoms with Crippen LogP contribution in [0.1, 0.15) is 25.0 Å². The number of aryl methyl sites for hydroxylation is 2. The molecule has 37 heavy (non-hydrogen) atoms. The molecule has 2 aromatic carbocycles. The largest absolute Gasteiger partial charge is 0.479 e. The number of alkyl halides is 3. The smallest absolute Gasteiger partial charge is 0.412 e. The van der Waals surface area contributed by atoms with E-state index in [0.29, 0.717) is 33.6 Å². The average Bonchev–Trinajstić information content (AvgIpc) is 2.76. The predicted molar refractivity (Wildman–Crippen MR) is 129 cm³/mol.